The van der Waals surface area contributed by atoms with Gasteiger partial charge in [0, 0.05) is 45.0 Å². The molecule has 1 aromatic heterocycles. The number of carbonyl (C=O) groups is 3. The number of alkyl halides is 3. The Kier molecular flexibility index (Phi) is 10.7. The highest BCUT2D eigenvalue weighted by Crippen LogP contribution is 2.48. The van der Waals surface area contributed by atoms with Crippen LogP contribution in [0, 0.1) is 11.3 Å². The van der Waals surface area contributed by atoms with Crippen LogP contribution in [-0.2, 0) is 30.0 Å². The number of ether oxygens (including phenoxy) is 2. The molecule has 1 amide bonds. The number of amides is 1. The third-order valence-corrected chi connectivity index (χ3v) is 9.43. The zero-order chi connectivity index (χ0) is 32.2. The van der Waals surface area contributed by atoms with Crippen LogP contribution in [0.3, 0.4) is 0 Å². The number of aromatic nitrogens is 2. The lowest BCUT2D eigenvalue weighted by atomic mass is 9.74. The number of methoxy groups -OCH3 is 1. The molecule has 3 saturated heterocycles. The number of nitrogens with one attached hydrogen (secondary N) is 1. The molecule has 1 saturated carbocycles. The number of nitrogens with zero attached hydrogens (tertiary/aromatic N) is 4. The van der Waals surface area contributed by atoms with Crippen LogP contribution in [0.15, 0.2) is 12.4 Å². The second-order valence-electron chi connectivity index (χ2n) is 12.4. The Hall–Kier alpha value is -3.04. The van der Waals surface area contributed by atoms with Gasteiger partial charge in [-0.15, -0.1) is 0 Å². The molecule has 0 aromatic carbocycles. The van der Waals surface area contributed by atoms with Gasteiger partial charge in [-0.3, -0.25) is 14.4 Å². The normalized spacial score (nSPS) is 29.9. The molecular formula is C29H42F3N5O7. The summed E-state index contributed by atoms with van der Waals surface area (Å²) in [6.07, 6.45) is 0.0894. The summed E-state index contributed by atoms with van der Waals surface area (Å²) in [4.78, 5) is 44.7. The van der Waals surface area contributed by atoms with Crippen LogP contribution < -0.4 is 10.2 Å². The molecule has 15 heteroatoms. The molecule has 2 bridgehead atoms. The summed E-state index contributed by atoms with van der Waals surface area (Å²) < 4.78 is 50.6. The van der Waals surface area contributed by atoms with E-state index in [1.165, 1.54) is 0 Å². The van der Waals surface area contributed by atoms with Crippen molar-refractivity contribution in [3.63, 3.8) is 0 Å². The van der Waals surface area contributed by atoms with Crippen molar-refractivity contribution in [2.45, 2.75) is 95.2 Å². The van der Waals surface area contributed by atoms with Crippen molar-refractivity contribution in [1.29, 1.82) is 0 Å². The molecule has 0 radical (unpaired) electrons. The van der Waals surface area contributed by atoms with Gasteiger partial charge in [0.05, 0.1) is 43.1 Å². The lowest BCUT2D eigenvalue weighted by molar-refractivity contribution is -0.146. The molecule has 246 valence electrons. The lowest BCUT2D eigenvalue weighted by Gasteiger charge is -2.42. The summed E-state index contributed by atoms with van der Waals surface area (Å²) in [7, 11) is 1.71. The highest BCUT2D eigenvalue weighted by Gasteiger charge is 2.55. The third-order valence-electron chi connectivity index (χ3n) is 9.43. The SMILES string of the molecule is CO[C@@H]1COCC[C@@H]1N[C@@H]1CC[C@@](C(=O)N2C[C@@H]3C[C@H]2CN3c2cc(C(F)(F)F)ncn2)(C(C)C)C1.O=C(O)CCC(=O)O. The van der Waals surface area contributed by atoms with Crippen LogP contribution in [0.5, 0.6) is 0 Å². The van der Waals surface area contributed by atoms with Crippen LogP contribution in [0.2, 0.25) is 0 Å². The number of carboxylic acids is 2. The molecule has 5 rings (SSSR count). The molecule has 0 spiro atoms. The van der Waals surface area contributed by atoms with E-state index in [1.807, 2.05) is 9.80 Å². The Morgan fingerprint density at radius 3 is 2.41 bits per heavy atom. The van der Waals surface area contributed by atoms with E-state index in [9.17, 15) is 27.6 Å². The molecule has 1 aliphatic carbocycles. The molecule has 0 unspecified atom stereocenters. The molecule has 4 fully saturated rings. The van der Waals surface area contributed by atoms with Gasteiger partial charge in [0.15, 0.2) is 0 Å². The highest BCUT2D eigenvalue weighted by atomic mass is 19.4. The molecule has 3 aliphatic heterocycles. The smallest absolute Gasteiger partial charge is 0.433 e. The monoisotopic (exact) mass is 629 g/mol. The van der Waals surface area contributed by atoms with Crippen LogP contribution in [0.1, 0.15) is 64.5 Å². The number of halogens is 3. The molecule has 4 heterocycles. The van der Waals surface area contributed by atoms with Gasteiger partial charge in [0.1, 0.15) is 17.8 Å². The number of carbonyl (C=O) groups excluding carboxylic acids is 1. The van der Waals surface area contributed by atoms with Gasteiger partial charge >= 0.3 is 18.1 Å². The first kappa shape index (κ1) is 33.8. The topological polar surface area (TPSA) is 154 Å². The largest absolute Gasteiger partial charge is 0.481 e. The van der Waals surface area contributed by atoms with Crippen molar-refractivity contribution in [1.82, 2.24) is 20.2 Å². The fraction of sp³-hybridized carbons (Fsp3) is 0.759. The minimum absolute atomic E-state index is 0.0113. The molecular weight excluding hydrogens is 587 g/mol. The van der Waals surface area contributed by atoms with Crippen molar-refractivity contribution in [3.05, 3.63) is 18.1 Å². The van der Waals surface area contributed by atoms with E-state index in [0.29, 0.717) is 26.3 Å². The molecule has 4 aliphatic rings. The standard InChI is InChI=1S/C25H36F3N5O3.C4H6O4/c1-15(2)24(6-4-16(10-24)31-19-5-7-36-13-20(19)35-3)23(34)33-12-17-8-18(33)11-32(17)22-9-21(25(26,27)28)29-14-30-22;5-3(6)1-2-4(7)8/h9,14-20,31H,4-8,10-13H2,1-3H3;1-2H2,(H,5,6)(H,7,8)/t16-,17+,18+,19+,20-,24+;/m1./s1. The predicted octanol–water partition coefficient (Wildman–Crippen LogP) is 2.81. The van der Waals surface area contributed by atoms with E-state index < -0.39 is 29.2 Å². The maximum absolute atomic E-state index is 14.0. The van der Waals surface area contributed by atoms with Crippen molar-refractivity contribution in [2.24, 2.45) is 11.3 Å². The molecule has 3 N–H and O–H groups in total. The van der Waals surface area contributed by atoms with Gasteiger partial charge in [0.25, 0.3) is 0 Å². The number of fused-ring (bicyclic) bond motifs is 2. The summed E-state index contributed by atoms with van der Waals surface area (Å²) in [6.45, 7) is 6.58. The maximum Gasteiger partial charge on any atom is 0.433 e. The number of carboxylic acid groups (broad SMARTS) is 2. The first-order chi connectivity index (χ1) is 20.7. The summed E-state index contributed by atoms with van der Waals surface area (Å²) in [6, 6.07) is 1.44. The number of anilines is 1. The number of hydrogen-bond donors (Lipinski definition) is 3. The number of likely N-dealkylation sites (tertiary alicyclic amines) is 1. The molecule has 44 heavy (non-hydrogen) atoms. The van der Waals surface area contributed by atoms with Crippen LogP contribution in [-0.4, -0.2) is 107 Å². The fourth-order valence-electron chi connectivity index (χ4n) is 6.98. The average molecular weight is 630 g/mol. The first-order valence-electron chi connectivity index (χ1n) is 15.0. The lowest BCUT2D eigenvalue weighted by Crippen LogP contribution is -2.55. The van der Waals surface area contributed by atoms with E-state index in [-0.39, 0.29) is 60.8 Å². The van der Waals surface area contributed by atoms with Crippen molar-refractivity contribution < 1.29 is 47.2 Å². The Labute approximate surface area is 254 Å². The summed E-state index contributed by atoms with van der Waals surface area (Å²) in [5.74, 6) is -1.48. The van der Waals surface area contributed by atoms with Gasteiger partial charge in [-0.25, -0.2) is 9.97 Å². The fourth-order valence-corrected chi connectivity index (χ4v) is 6.98. The summed E-state index contributed by atoms with van der Waals surface area (Å²) in [5.41, 5.74) is -1.37. The van der Waals surface area contributed by atoms with Gasteiger partial charge < -0.3 is 34.8 Å². The summed E-state index contributed by atoms with van der Waals surface area (Å²) in [5, 5.41) is 19.6. The highest BCUT2D eigenvalue weighted by molar-refractivity contribution is 5.84. The van der Waals surface area contributed by atoms with Gasteiger partial charge in [-0.2, -0.15) is 13.2 Å². The summed E-state index contributed by atoms with van der Waals surface area (Å²) >= 11 is 0. The average Bonchev–Trinajstić information content (AvgIpc) is 3.71. The Balaban J connectivity index is 0.000000488. The zero-order valence-electron chi connectivity index (χ0n) is 25.3. The number of aliphatic carboxylic acids is 2. The van der Waals surface area contributed by atoms with Crippen molar-refractivity contribution >= 4 is 23.7 Å². The van der Waals surface area contributed by atoms with Crippen LogP contribution >= 0.6 is 0 Å². The van der Waals surface area contributed by atoms with E-state index >= 15 is 0 Å². The number of piperazine rings is 1. The van der Waals surface area contributed by atoms with Gasteiger partial charge in [0.2, 0.25) is 5.91 Å². The van der Waals surface area contributed by atoms with Crippen molar-refractivity contribution in [2.75, 3.05) is 38.3 Å². The number of hydrogen-bond acceptors (Lipinski definition) is 9. The van der Waals surface area contributed by atoms with Gasteiger partial charge in [-0.05, 0) is 38.0 Å². The molecule has 12 nitrogen and oxygen atoms in total. The Morgan fingerprint density at radius 1 is 1.14 bits per heavy atom. The van der Waals surface area contributed by atoms with E-state index in [4.69, 9.17) is 19.7 Å². The minimum Gasteiger partial charge on any atom is -0.481 e. The first-order valence-corrected chi connectivity index (χ1v) is 15.0. The van der Waals surface area contributed by atoms with Crippen molar-refractivity contribution in [3.8, 4) is 0 Å². The Bertz CT molecular complexity index is 1170. The molecule has 6 atom stereocenters. The van der Waals surface area contributed by atoms with E-state index in [2.05, 4.69) is 29.1 Å². The van der Waals surface area contributed by atoms with E-state index in [0.717, 1.165) is 44.5 Å². The van der Waals surface area contributed by atoms with Crippen LogP contribution in [0.25, 0.3) is 0 Å². The van der Waals surface area contributed by atoms with E-state index in [1.54, 1.807) is 7.11 Å². The third kappa shape index (κ3) is 7.60. The second-order valence-corrected chi connectivity index (χ2v) is 12.4. The zero-order valence-corrected chi connectivity index (χ0v) is 25.3. The van der Waals surface area contributed by atoms with Gasteiger partial charge in [-0.1, -0.05) is 13.8 Å². The Morgan fingerprint density at radius 2 is 1.84 bits per heavy atom. The maximum atomic E-state index is 14.0. The molecule has 1 aromatic rings. The minimum atomic E-state index is -4.51. The second kappa shape index (κ2) is 13.9. The predicted molar refractivity (Wildman–Crippen MR) is 151 cm³/mol. The number of rotatable bonds is 9. The quantitative estimate of drug-likeness (QED) is 0.370. The van der Waals surface area contributed by atoms with Crippen LogP contribution in [0.4, 0.5) is 19.0 Å².